The second kappa shape index (κ2) is 7.54. The first-order valence-corrected chi connectivity index (χ1v) is 7.70. The molecule has 1 atom stereocenters. The van der Waals surface area contributed by atoms with E-state index in [0.717, 1.165) is 5.56 Å². The normalized spacial score (nSPS) is 17.5. The predicted octanol–water partition coefficient (Wildman–Crippen LogP) is 1.47. The van der Waals surface area contributed by atoms with Crippen molar-refractivity contribution in [3.63, 3.8) is 0 Å². The minimum Gasteiger partial charge on any atom is -0.340 e. The maximum Gasteiger partial charge on any atom is 0.471 e. The number of rotatable bonds is 5. The molecule has 2 rings (SSSR count). The van der Waals surface area contributed by atoms with Crippen molar-refractivity contribution in [2.24, 2.45) is 0 Å². The minimum absolute atomic E-state index is 0.155. The number of anilines is 1. The van der Waals surface area contributed by atoms with E-state index in [1.54, 1.807) is 29.6 Å². The zero-order valence-corrected chi connectivity index (χ0v) is 13.5. The minimum atomic E-state index is -5.00. The average Bonchev–Trinajstić information content (AvgIpc) is 2.86. The molecule has 0 aromatic heterocycles. The summed E-state index contributed by atoms with van der Waals surface area (Å²) in [6.45, 7) is 2.04. The van der Waals surface area contributed by atoms with Gasteiger partial charge in [-0.05, 0) is 30.5 Å². The number of carbonyl (C=O) groups is 3. The molecule has 6 nitrogen and oxygen atoms in total. The van der Waals surface area contributed by atoms with Gasteiger partial charge < -0.3 is 15.5 Å². The highest BCUT2D eigenvalue weighted by Crippen LogP contribution is 2.18. The number of alkyl halides is 3. The van der Waals surface area contributed by atoms with Crippen LogP contribution in [0.2, 0.25) is 0 Å². The molecule has 0 saturated carbocycles. The van der Waals surface area contributed by atoms with Gasteiger partial charge in [-0.1, -0.05) is 12.1 Å². The maximum atomic E-state index is 12.2. The van der Waals surface area contributed by atoms with Crippen molar-refractivity contribution in [2.75, 3.05) is 18.4 Å². The lowest BCUT2D eigenvalue weighted by molar-refractivity contribution is -0.174. The third-order valence-electron chi connectivity index (χ3n) is 3.80. The second-order valence-electron chi connectivity index (χ2n) is 5.77. The lowest BCUT2D eigenvalue weighted by Gasteiger charge is -2.17. The fourth-order valence-electron chi connectivity index (χ4n) is 2.56. The van der Waals surface area contributed by atoms with Crippen LogP contribution >= 0.6 is 0 Å². The molecular formula is C16H18F3N3O3. The number of likely N-dealkylation sites (tertiary alicyclic amines) is 1. The van der Waals surface area contributed by atoms with Gasteiger partial charge in [0.25, 0.3) is 0 Å². The maximum absolute atomic E-state index is 12.2. The molecule has 3 amide bonds. The van der Waals surface area contributed by atoms with Crippen molar-refractivity contribution in [1.82, 2.24) is 10.2 Å². The molecule has 2 N–H and O–H groups in total. The fourth-order valence-corrected chi connectivity index (χ4v) is 2.56. The summed E-state index contributed by atoms with van der Waals surface area (Å²) in [6.07, 6.45) is -4.32. The molecular weight excluding hydrogens is 339 g/mol. The molecule has 1 fully saturated rings. The zero-order chi connectivity index (χ0) is 18.6. The molecule has 1 heterocycles. The smallest absolute Gasteiger partial charge is 0.340 e. The van der Waals surface area contributed by atoms with E-state index in [-0.39, 0.29) is 12.3 Å². The molecule has 1 aromatic rings. The van der Waals surface area contributed by atoms with Gasteiger partial charge in [0, 0.05) is 25.7 Å². The summed E-state index contributed by atoms with van der Waals surface area (Å²) in [5.41, 5.74) is 1.58. The Morgan fingerprint density at radius 3 is 2.44 bits per heavy atom. The summed E-state index contributed by atoms with van der Waals surface area (Å²) in [5, 5.41) is 4.36. The fraction of sp³-hybridized carbons (Fsp3) is 0.438. The Hall–Kier alpha value is -2.58. The Morgan fingerprint density at radius 2 is 1.88 bits per heavy atom. The van der Waals surface area contributed by atoms with E-state index in [0.29, 0.717) is 25.2 Å². The van der Waals surface area contributed by atoms with Crippen LogP contribution in [0.5, 0.6) is 0 Å². The number of hydrogen-bond donors (Lipinski definition) is 2. The highest BCUT2D eigenvalue weighted by atomic mass is 19.4. The van der Waals surface area contributed by atoms with Gasteiger partial charge in [0.15, 0.2) is 0 Å². The van der Waals surface area contributed by atoms with Crippen molar-refractivity contribution >= 4 is 23.4 Å². The molecule has 0 aliphatic carbocycles. The monoisotopic (exact) mass is 357 g/mol. The van der Waals surface area contributed by atoms with Crippen LogP contribution in [0.15, 0.2) is 24.3 Å². The molecule has 1 saturated heterocycles. The van der Waals surface area contributed by atoms with E-state index in [4.69, 9.17) is 0 Å². The average molecular weight is 357 g/mol. The Morgan fingerprint density at radius 1 is 1.24 bits per heavy atom. The molecule has 1 aliphatic heterocycles. The van der Waals surface area contributed by atoms with Crippen molar-refractivity contribution in [3.05, 3.63) is 29.8 Å². The number of carbonyl (C=O) groups excluding carboxylic acids is 3. The number of nitrogens with zero attached hydrogens (tertiary/aromatic N) is 1. The number of nitrogens with one attached hydrogen (secondary N) is 2. The van der Waals surface area contributed by atoms with Crippen LogP contribution in [0.1, 0.15) is 18.9 Å². The van der Waals surface area contributed by atoms with Crippen LogP contribution < -0.4 is 10.6 Å². The third kappa shape index (κ3) is 5.20. The number of halogens is 3. The molecule has 1 aromatic carbocycles. The van der Waals surface area contributed by atoms with Crippen LogP contribution in [-0.2, 0) is 20.8 Å². The van der Waals surface area contributed by atoms with Gasteiger partial charge in [-0.3, -0.25) is 14.4 Å². The predicted molar refractivity (Wildman–Crippen MR) is 83.6 cm³/mol. The Labute approximate surface area is 142 Å². The van der Waals surface area contributed by atoms with Crippen LogP contribution in [0.4, 0.5) is 18.9 Å². The first kappa shape index (κ1) is 18.8. The molecule has 0 radical (unpaired) electrons. The second-order valence-corrected chi connectivity index (χ2v) is 5.77. The first-order valence-electron chi connectivity index (χ1n) is 7.70. The standard InChI is InChI=1S/C16H18F3N3O3/c1-10(23)20-12-4-2-11(3-5-12)6-8-22-9-7-13(14(22)24)21-15(25)16(17,18)19/h2-5,13H,6-9H2,1H3,(H,20,23)(H,21,25)/t13-/m0/s1. The van der Waals surface area contributed by atoms with Crippen molar-refractivity contribution < 1.29 is 27.6 Å². The molecule has 0 spiro atoms. The van der Waals surface area contributed by atoms with Crippen LogP contribution in [0, 0.1) is 0 Å². The lowest BCUT2D eigenvalue weighted by atomic mass is 10.1. The number of amides is 3. The van der Waals surface area contributed by atoms with E-state index in [2.05, 4.69) is 5.32 Å². The van der Waals surface area contributed by atoms with E-state index in [1.165, 1.54) is 11.8 Å². The zero-order valence-electron chi connectivity index (χ0n) is 13.5. The van der Waals surface area contributed by atoms with Gasteiger partial charge in [0.2, 0.25) is 11.8 Å². The third-order valence-corrected chi connectivity index (χ3v) is 3.80. The summed E-state index contributed by atoms with van der Waals surface area (Å²) in [4.78, 5) is 35.4. The van der Waals surface area contributed by atoms with E-state index < -0.39 is 24.0 Å². The molecule has 1 aliphatic rings. The highest BCUT2D eigenvalue weighted by Gasteiger charge is 2.42. The van der Waals surface area contributed by atoms with Crippen molar-refractivity contribution in [3.8, 4) is 0 Å². The Kier molecular flexibility index (Phi) is 5.66. The Bertz CT molecular complexity index is 659. The summed E-state index contributed by atoms with van der Waals surface area (Å²) in [7, 11) is 0. The number of benzene rings is 1. The van der Waals surface area contributed by atoms with Gasteiger partial charge in [-0.15, -0.1) is 0 Å². The topological polar surface area (TPSA) is 78.5 Å². The summed E-state index contributed by atoms with van der Waals surface area (Å²) >= 11 is 0. The van der Waals surface area contributed by atoms with E-state index >= 15 is 0 Å². The molecule has 25 heavy (non-hydrogen) atoms. The van der Waals surface area contributed by atoms with Gasteiger partial charge >= 0.3 is 12.1 Å². The van der Waals surface area contributed by atoms with Gasteiger partial charge in [0.1, 0.15) is 6.04 Å². The van der Waals surface area contributed by atoms with Gasteiger partial charge in [-0.2, -0.15) is 13.2 Å². The van der Waals surface area contributed by atoms with Crippen molar-refractivity contribution in [1.29, 1.82) is 0 Å². The molecule has 0 bridgehead atoms. The van der Waals surface area contributed by atoms with Crippen LogP contribution in [0.3, 0.4) is 0 Å². The van der Waals surface area contributed by atoms with E-state index in [1.807, 2.05) is 0 Å². The van der Waals surface area contributed by atoms with Crippen molar-refractivity contribution in [2.45, 2.75) is 32.0 Å². The van der Waals surface area contributed by atoms with Crippen LogP contribution in [-0.4, -0.2) is 47.9 Å². The van der Waals surface area contributed by atoms with Gasteiger partial charge in [-0.25, -0.2) is 0 Å². The Balaban J connectivity index is 1.85. The first-order chi connectivity index (χ1) is 11.7. The largest absolute Gasteiger partial charge is 0.471 e. The highest BCUT2D eigenvalue weighted by molar-refractivity contribution is 5.91. The molecule has 136 valence electrons. The van der Waals surface area contributed by atoms with Gasteiger partial charge in [0.05, 0.1) is 0 Å². The lowest BCUT2D eigenvalue weighted by Crippen LogP contribution is -2.47. The summed E-state index contributed by atoms with van der Waals surface area (Å²) < 4.78 is 36.7. The quantitative estimate of drug-likeness (QED) is 0.838. The molecule has 9 heteroatoms. The van der Waals surface area contributed by atoms with Crippen LogP contribution in [0.25, 0.3) is 0 Å². The molecule has 0 unspecified atom stereocenters. The summed E-state index contributed by atoms with van der Waals surface area (Å²) in [6, 6.07) is 5.93. The number of hydrogen-bond acceptors (Lipinski definition) is 3. The summed E-state index contributed by atoms with van der Waals surface area (Å²) in [5.74, 6) is -2.78. The van der Waals surface area contributed by atoms with E-state index in [9.17, 15) is 27.6 Å². The SMILES string of the molecule is CC(=O)Nc1ccc(CCN2CC[C@H](NC(=O)C(F)(F)F)C2=O)cc1.